The first-order chi connectivity index (χ1) is 11.3. The maximum Gasteiger partial charge on any atom is 0.309 e. The smallest absolute Gasteiger partial charge is 0.309 e. The lowest BCUT2D eigenvalue weighted by Crippen LogP contribution is -2.35. The number of ether oxygens (including phenoxy) is 1. The van der Waals surface area contributed by atoms with E-state index in [9.17, 15) is 9.59 Å². The molecule has 1 atom stereocenters. The number of aliphatic carboxylic acids is 1. The standard InChI is InChI=1S/C20H36O4/c1-5-6-7-8-9-10-17(20(2,3)4)24-19(23)16-13-11-15(12-14-16)18(21)22/h15-17H,5-14H2,1-4H3,(H,21,22). The molecule has 0 aromatic heterocycles. The van der Waals surface area contributed by atoms with Crippen molar-refractivity contribution in [1.29, 1.82) is 0 Å². The molecule has 1 saturated carbocycles. The first-order valence-corrected chi connectivity index (χ1v) is 9.69. The summed E-state index contributed by atoms with van der Waals surface area (Å²) in [5.41, 5.74) is -0.0569. The lowest BCUT2D eigenvalue weighted by Gasteiger charge is -2.33. The molecule has 0 heterocycles. The Balaban J connectivity index is 2.45. The van der Waals surface area contributed by atoms with Crippen molar-refractivity contribution >= 4 is 11.9 Å². The van der Waals surface area contributed by atoms with E-state index in [1.807, 2.05) is 0 Å². The topological polar surface area (TPSA) is 63.6 Å². The molecule has 0 aromatic carbocycles. The lowest BCUT2D eigenvalue weighted by molar-refractivity contribution is -0.163. The largest absolute Gasteiger partial charge is 0.481 e. The van der Waals surface area contributed by atoms with Crippen molar-refractivity contribution in [3.63, 3.8) is 0 Å². The van der Waals surface area contributed by atoms with Crippen molar-refractivity contribution in [3.8, 4) is 0 Å². The predicted molar refractivity (Wildman–Crippen MR) is 95.8 cm³/mol. The Morgan fingerprint density at radius 3 is 2.04 bits per heavy atom. The minimum Gasteiger partial charge on any atom is -0.481 e. The first-order valence-electron chi connectivity index (χ1n) is 9.69. The summed E-state index contributed by atoms with van der Waals surface area (Å²) < 4.78 is 5.87. The Hall–Kier alpha value is -1.06. The van der Waals surface area contributed by atoms with Crippen LogP contribution in [0.25, 0.3) is 0 Å². The van der Waals surface area contributed by atoms with Gasteiger partial charge >= 0.3 is 11.9 Å². The van der Waals surface area contributed by atoms with Crippen molar-refractivity contribution in [3.05, 3.63) is 0 Å². The van der Waals surface area contributed by atoms with Gasteiger partial charge in [0.05, 0.1) is 11.8 Å². The molecule has 4 nitrogen and oxygen atoms in total. The summed E-state index contributed by atoms with van der Waals surface area (Å²) in [5.74, 6) is -1.26. The highest BCUT2D eigenvalue weighted by molar-refractivity contribution is 5.74. The monoisotopic (exact) mass is 340 g/mol. The second kappa shape index (κ2) is 10.0. The van der Waals surface area contributed by atoms with Gasteiger partial charge in [0.25, 0.3) is 0 Å². The Morgan fingerprint density at radius 2 is 1.54 bits per heavy atom. The van der Waals surface area contributed by atoms with Gasteiger partial charge in [0.2, 0.25) is 0 Å². The van der Waals surface area contributed by atoms with Crippen LogP contribution in [0.4, 0.5) is 0 Å². The molecule has 0 aliphatic heterocycles. The summed E-state index contributed by atoms with van der Waals surface area (Å²) >= 11 is 0. The third-order valence-corrected chi connectivity index (χ3v) is 5.20. The zero-order valence-electron chi connectivity index (χ0n) is 16.0. The number of hydrogen-bond acceptors (Lipinski definition) is 3. The highest BCUT2D eigenvalue weighted by atomic mass is 16.5. The fourth-order valence-electron chi connectivity index (χ4n) is 3.41. The SMILES string of the molecule is CCCCCCCC(OC(=O)C1CCC(C(=O)O)CC1)C(C)(C)C. The van der Waals surface area contributed by atoms with Crippen molar-refractivity contribution in [2.45, 2.75) is 98.0 Å². The summed E-state index contributed by atoms with van der Waals surface area (Å²) in [4.78, 5) is 23.5. The minimum atomic E-state index is -0.735. The van der Waals surface area contributed by atoms with Crippen LogP contribution in [0.1, 0.15) is 91.9 Å². The van der Waals surface area contributed by atoms with Gasteiger partial charge in [0.15, 0.2) is 0 Å². The molecule has 0 spiro atoms. The Bertz CT molecular complexity index is 389. The quantitative estimate of drug-likeness (QED) is 0.463. The molecule has 1 fully saturated rings. The van der Waals surface area contributed by atoms with Gasteiger partial charge in [-0.25, -0.2) is 0 Å². The molecule has 140 valence electrons. The fourth-order valence-corrected chi connectivity index (χ4v) is 3.41. The average Bonchev–Trinajstić information content (AvgIpc) is 2.52. The maximum atomic E-state index is 12.5. The van der Waals surface area contributed by atoms with Gasteiger partial charge in [-0.3, -0.25) is 9.59 Å². The van der Waals surface area contributed by atoms with Gasteiger partial charge in [0.1, 0.15) is 6.10 Å². The summed E-state index contributed by atoms with van der Waals surface area (Å²) in [6, 6.07) is 0. The first kappa shape index (κ1) is 21.0. The van der Waals surface area contributed by atoms with Gasteiger partial charge in [-0.15, -0.1) is 0 Å². The molecule has 1 aliphatic rings. The number of carbonyl (C=O) groups excluding carboxylic acids is 1. The summed E-state index contributed by atoms with van der Waals surface area (Å²) in [6.45, 7) is 8.58. The number of carboxylic acid groups (broad SMARTS) is 1. The molecule has 0 amide bonds. The van der Waals surface area contributed by atoms with Gasteiger partial charge in [-0.1, -0.05) is 53.4 Å². The molecule has 0 saturated heterocycles. The lowest BCUT2D eigenvalue weighted by atomic mass is 9.81. The van der Waals surface area contributed by atoms with Crippen LogP contribution < -0.4 is 0 Å². The van der Waals surface area contributed by atoms with E-state index in [1.165, 1.54) is 25.7 Å². The number of rotatable bonds is 9. The second-order valence-electron chi connectivity index (χ2n) is 8.38. The number of hydrogen-bond donors (Lipinski definition) is 1. The van der Waals surface area contributed by atoms with E-state index in [1.54, 1.807) is 0 Å². The van der Waals surface area contributed by atoms with Crippen LogP contribution in [-0.4, -0.2) is 23.1 Å². The van der Waals surface area contributed by atoms with E-state index in [0.29, 0.717) is 25.7 Å². The minimum absolute atomic E-state index is 0.0520. The number of carboxylic acids is 1. The average molecular weight is 341 g/mol. The molecule has 4 heteroatoms. The molecule has 1 unspecified atom stereocenters. The third-order valence-electron chi connectivity index (χ3n) is 5.20. The molecule has 0 aromatic rings. The van der Waals surface area contributed by atoms with Gasteiger partial charge in [-0.05, 0) is 43.9 Å². The summed E-state index contributed by atoms with van der Waals surface area (Å²) in [6.07, 6.45) is 9.38. The van der Waals surface area contributed by atoms with Crippen molar-refractivity contribution in [1.82, 2.24) is 0 Å². The van der Waals surface area contributed by atoms with Crippen LogP contribution in [0, 0.1) is 17.3 Å². The highest BCUT2D eigenvalue weighted by Gasteiger charge is 2.34. The Kier molecular flexibility index (Phi) is 8.79. The highest BCUT2D eigenvalue weighted by Crippen LogP contribution is 2.33. The van der Waals surface area contributed by atoms with E-state index in [2.05, 4.69) is 27.7 Å². The van der Waals surface area contributed by atoms with Crippen LogP contribution in [-0.2, 0) is 14.3 Å². The Morgan fingerprint density at radius 1 is 1.00 bits per heavy atom. The Labute approximate surface area is 147 Å². The van der Waals surface area contributed by atoms with Crippen molar-refractivity contribution in [2.75, 3.05) is 0 Å². The molecule has 24 heavy (non-hydrogen) atoms. The number of unbranched alkanes of at least 4 members (excludes halogenated alkanes) is 4. The predicted octanol–water partition coefficient (Wildman–Crippen LogP) is 5.20. The maximum absolute atomic E-state index is 12.5. The van der Waals surface area contributed by atoms with Gasteiger partial charge in [0, 0.05) is 0 Å². The van der Waals surface area contributed by atoms with E-state index < -0.39 is 5.97 Å². The second-order valence-corrected chi connectivity index (χ2v) is 8.38. The zero-order chi connectivity index (χ0) is 18.2. The normalized spacial score (nSPS) is 22.8. The van der Waals surface area contributed by atoms with E-state index in [0.717, 1.165) is 12.8 Å². The van der Waals surface area contributed by atoms with E-state index in [4.69, 9.17) is 9.84 Å². The molecule has 0 bridgehead atoms. The van der Waals surface area contributed by atoms with Crippen LogP contribution in [0.2, 0.25) is 0 Å². The number of carbonyl (C=O) groups is 2. The van der Waals surface area contributed by atoms with Crippen LogP contribution >= 0.6 is 0 Å². The summed E-state index contributed by atoms with van der Waals surface area (Å²) in [7, 11) is 0. The molecule has 0 radical (unpaired) electrons. The molecular formula is C20H36O4. The number of esters is 1. The van der Waals surface area contributed by atoms with E-state index in [-0.39, 0.29) is 29.3 Å². The van der Waals surface area contributed by atoms with Crippen LogP contribution in [0.5, 0.6) is 0 Å². The zero-order valence-corrected chi connectivity index (χ0v) is 16.0. The van der Waals surface area contributed by atoms with Crippen molar-refractivity contribution in [2.24, 2.45) is 17.3 Å². The van der Waals surface area contributed by atoms with E-state index >= 15 is 0 Å². The third kappa shape index (κ3) is 7.23. The van der Waals surface area contributed by atoms with Gasteiger partial charge < -0.3 is 9.84 Å². The molecule has 1 aliphatic carbocycles. The van der Waals surface area contributed by atoms with Gasteiger partial charge in [-0.2, -0.15) is 0 Å². The fraction of sp³-hybridized carbons (Fsp3) is 0.900. The van der Waals surface area contributed by atoms with Crippen LogP contribution in [0.15, 0.2) is 0 Å². The molecule has 1 N–H and O–H groups in total. The van der Waals surface area contributed by atoms with Crippen molar-refractivity contribution < 1.29 is 19.4 Å². The molecule has 1 rings (SSSR count). The molecular weight excluding hydrogens is 304 g/mol. The summed E-state index contributed by atoms with van der Waals surface area (Å²) in [5, 5.41) is 9.06. The van der Waals surface area contributed by atoms with Crippen LogP contribution in [0.3, 0.4) is 0 Å².